The summed E-state index contributed by atoms with van der Waals surface area (Å²) in [6.07, 6.45) is 2.91. The third-order valence-electron chi connectivity index (χ3n) is 0.632. The van der Waals surface area contributed by atoms with Gasteiger partial charge in [-0.2, -0.15) is 0 Å². The van der Waals surface area contributed by atoms with Gasteiger partial charge in [0.25, 0.3) is 5.91 Å². The molecule has 0 aliphatic carbocycles. The summed E-state index contributed by atoms with van der Waals surface area (Å²) in [4.78, 5) is 9.94. The van der Waals surface area contributed by atoms with Gasteiger partial charge >= 0.3 is 0 Å². The molecule has 0 saturated heterocycles. The zero-order chi connectivity index (χ0) is 4.57. The second-order valence-corrected chi connectivity index (χ2v) is 1.06. The average Bonchev–Trinajstić information content (AvgIpc) is 1.61. The number of nitrogens with two attached hydrogens (primary N) is 1. The van der Waals surface area contributed by atoms with Crippen molar-refractivity contribution in [2.75, 3.05) is 0 Å². The van der Waals surface area contributed by atoms with E-state index >= 15 is 0 Å². The Kier molecular flexibility index (Phi) is 0.457. The van der Waals surface area contributed by atoms with Crippen molar-refractivity contribution in [1.82, 2.24) is 5.01 Å². The van der Waals surface area contributed by atoms with E-state index in [1.54, 1.807) is 0 Å². The lowest BCUT2D eigenvalue weighted by Gasteiger charge is -2.14. The summed E-state index contributed by atoms with van der Waals surface area (Å²) in [5.41, 5.74) is 0. The van der Waals surface area contributed by atoms with Crippen LogP contribution in [0.25, 0.3) is 0 Å². The predicted octanol–water partition coefficient (Wildman–Crippen LogP) is -0.784. The molecule has 0 aromatic carbocycles. The van der Waals surface area contributed by atoms with Crippen LogP contribution in [0.5, 0.6) is 0 Å². The van der Waals surface area contributed by atoms with Gasteiger partial charge in [0.15, 0.2) is 0 Å². The number of rotatable bonds is 0. The van der Waals surface area contributed by atoms with Crippen molar-refractivity contribution in [3.05, 3.63) is 12.3 Å². The van der Waals surface area contributed by atoms with Crippen LogP contribution >= 0.6 is 0 Å². The molecule has 0 atom stereocenters. The molecule has 0 spiro atoms. The van der Waals surface area contributed by atoms with Crippen molar-refractivity contribution in [3.63, 3.8) is 0 Å². The van der Waals surface area contributed by atoms with Crippen LogP contribution in [0, 0.1) is 0 Å². The Bertz CT molecular complexity index is 107. The molecule has 1 aliphatic rings. The van der Waals surface area contributed by atoms with Gasteiger partial charge in [-0.1, -0.05) is 0 Å². The summed E-state index contributed by atoms with van der Waals surface area (Å²) in [5, 5.41) is 1.03. The molecule has 0 fully saturated rings. The van der Waals surface area contributed by atoms with Gasteiger partial charge in [-0.3, -0.25) is 9.80 Å². The lowest BCUT2D eigenvalue weighted by molar-refractivity contribution is -0.126. The van der Waals surface area contributed by atoms with Gasteiger partial charge in [0.05, 0.1) is 0 Å². The van der Waals surface area contributed by atoms with Gasteiger partial charge < -0.3 is 0 Å². The molecule has 0 saturated carbocycles. The Hall–Kier alpha value is -0.830. The van der Waals surface area contributed by atoms with Crippen LogP contribution in [0.1, 0.15) is 0 Å². The molecule has 1 aliphatic heterocycles. The highest BCUT2D eigenvalue weighted by atomic mass is 16.2. The molecule has 0 radical (unpaired) electrons. The number of hydrazine groups is 1. The summed E-state index contributed by atoms with van der Waals surface area (Å²) in [6, 6.07) is 0. The molecule has 3 heteroatoms. The van der Waals surface area contributed by atoms with Crippen LogP contribution in [0.3, 0.4) is 0 Å². The van der Waals surface area contributed by atoms with Crippen LogP contribution in [-0.4, -0.2) is 10.9 Å². The first kappa shape index (κ1) is 3.36. The first-order valence-corrected chi connectivity index (χ1v) is 1.57. The lowest BCUT2D eigenvalue weighted by atomic mass is 10.4. The van der Waals surface area contributed by atoms with E-state index in [-0.39, 0.29) is 5.91 Å². The predicted molar refractivity (Wildman–Crippen MR) is 20.2 cm³/mol. The maximum Gasteiger partial charge on any atom is 0.266 e. The van der Waals surface area contributed by atoms with E-state index in [0.717, 1.165) is 5.01 Å². The van der Waals surface area contributed by atoms with Crippen LogP contribution in [-0.2, 0) is 4.79 Å². The molecular formula is C3H4N2O. The fourth-order valence-electron chi connectivity index (χ4n) is 0.221. The smallest absolute Gasteiger partial charge is 0.266 e. The summed E-state index contributed by atoms with van der Waals surface area (Å²) in [5.74, 6) is 4.79. The van der Waals surface area contributed by atoms with E-state index < -0.39 is 0 Å². The van der Waals surface area contributed by atoms with Crippen molar-refractivity contribution >= 4 is 5.91 Å². The van der Waals surface area contributed by atoms with Crippen LogP contribution < -0.4 is 5.84 Å². The molecule has 1 heterocycles. The minimum atomic E-state index is -0.130. The molecular weight excluding hydrogens is 80.0 g/mol. The quantitative estimate of drug-likeness (QED) is 0.309. The maximum atomic E-state index is 9.94. The fourth-order valence-corrected chi connectivity index (χ4v) is 0.221. The van der Waals surface area contributed by atoms with Crippen molar-refractivity contribution in [2.45, 2.75) is 0 Å². The highest BCUT2D eigenvalue weighted by Gasteiger charge is 2.08. The highest BCUT2D eigenvalue weighted by Crippen LogP contribution is 1.93. The zero-order valence-electron chi connectivity index (χ0n) is 3.09. The van der Waals surface area contributed by atoms with Gasteiger partial charge in [-0.25, -0.2) is 5.84 Å². The molecule has 0 bridgehead atoms. The third kappa shape index (κ3) is 0.224. The molecule has 0 unspecified atom stereocenters. The maximum absolute atomic E-state index is 9.94. The monoisotopic (exact) mass is 84.0 g/mol. The van der Waals surface area contributed by atoms with E-state index in [2.05, 4.69) is 0 Å². The SMILES string of the molecule is NN1C=CC1=O. The largest absolute Gasteiger partial charge is 0.268 e. The first-order valence-electron chi connectivity index (χ1n) is 1.57. The van der Waals surface area contributed by atoms with Crippen LogP contribution in [0.15, 0.2) is 12.3 Å². The van der Waals surface area contributed by atoms with Gasteiger partial charge in [-0.05, 0) is 0 Å². The highest BCUT2D eigenvalue weighted by molar-refractivity contribution is 5.93. The van der Waals surface area contributed by atoms with Gasteiger partial charge in [0.2, 0.25) is 0 Å². The normalized spacial score (nSPS) is 18.2. The molecule has 1 rings (SSSR count). The number of hydrogen-bond acceptors (Lipinski definition) is 2. The number of hydrogen-bond donors (Lipinski definition) is 1. The third-order valence-corrected chi connectivity index (χ3v) is 0.632. The Morgan fingerprint density at radius 1 is 1.83 bits per heavy atom. The first-order chi connectivity index (χ1) is 2.80. The lowest BCUT2D eigenvalue weighted by Crippen LogP contribution is -2.37. The van der Waals surface area contributed by atoms with E-state index in [0.29, 0.717) is 0 Å². The summed E-state index contributed by atoms with van der Waals surface area (Å²) >= 11 is 0. The number of carbonyl (C=O) groups is 1. The molecule has 0 aromatic rings. The number of amides is 1. The molecule has 32 valence electrons. The summed E-state index contributed by atoms with van der Waals surface area (Å²) in [7, 11) is 0. The van der Waals surface area contributed by atoms with E-state index in [4.69, 9.17) is 5.84 Å². The minimum Gasteiger partial charge on any atom is -0.268 e. The zero-order valence-corrected chi connectivity index (χ0v) is 3.09. The fraction of sp³-hybridized carbons (Fsp3) is 0. The summed E-state index contributed by atoms with van der Waals surface area (Å²) < 4.78 is 0. The Morgan fingerprint density at radius 2 is 2.33 bits per heavy atom. The topological polar surface area (TPSA) is 46.3 Å². The van der Waals surface area contributed by atoms with E-state index in [1.165, 1.54) is 12.3 Å². The molecule has 3 nitrogen and oxygen atoms in total. The van der Waals surface area contributed by atoms with E-state index in [1.807, 2.05) is 0 Å². The van der Waals surface area contributed by atoms with Crippen molar-refractivity contribution in [2.24, 2.45) is 5.84 Å². The summed E-state index contributed by atoms with van der Waals surface area (Å²) in [6.45, 7) is 0. The second kappa shape index (κ2) is 0.815. The van der Waals surface area contributed by atoms with Gasteiger partial charge in [0.1, 0.15) is 0 Å². The number of carbonyl (C=O) groups excluding carboxylic acids is 1. The molecule has 6 heavy (non-hydrogen) atoms. The average molecular weight is 84.1 g/mol. The minimum absolute atomic E-state index is 0.130. The van der Waals surface area contributed by atoms with Crippen LogP contribution in [0.4, 0.5) is 0 Å². The molecule has 2 N–H and O–H groups in total. The molecule has 1 amide bonds. The van der Waals surface area contributed by atoms with Crippen LogP contribution in [0.2, 0.25) is 0 Å². The van der Waals surface area contributed by atoms with Gasteiger partial charge in [0, 0.05) is 12.3 Å². The van der Waals surface area contributed by atoms with Crippen molar-refractivity contribution in [3.8, 4) is 0 Å². The van der Waals surface area contributed by atoms with Gasteiger partial charge in [-0.15, -0.1) is 0 Å². The van der Waals surface area contributed by atoms with Crippen molar-refractivity contribution in [1.29, 1.82) is 0 Å². The van der Waals surface area contributed by atoms with Crippen molar-refractivity contribution < 1.29 is 4.79 Å². The second-order valence-electron chi connectivity index (χ2n) is 1.06. The number of nitrogens with zero attached hydrogens (tertiary/aromatic N) is 1. The van der Waals surface area contributed by atoms with E-state index in [9.17, 15) is 4.79 Å². The Morgan fingerprint density at radius 3 is 2.33 bits per heavy atom. The standard InChI is InChI=1S/C3H4N2O/c4-5-2-1-3(5)6/h1-2H,4H2. The Balaban J connectivity index is 2.67. The Labute approximate surface area is 35.0 Å². The molecule has 0 aromatic heterocycles.